The lowest BCUT2D eigenvalue weighted by Crippen LogP contribution is -2.16. The molecule has 0 N–H and O–H groups in total. The molecule has 17 heavy (non-hydrogen) atoms. The van der Waals surface area contributed by atoms with E-state index in [2.05, 4.69) is 9.72 Å². The first-order valence-electron chi connectivity index (χ1n) is 4.41. The monoisotopic (exact) mass is 263 g/mol. The van der Waals surface area contributed by atoms with Gasteiger partial charge in [0.15, 0.2) is 5.13 Å². The van der Waals surface area contributed by atoms with E-state index in [1.165, 1.54) is 12.1 Å². The molecule has 0 unspecified atom stereocenters. The van der Waals surface area contributed by atoms with Gasteiger partial charge < -0.3 is 4.74 Å². The van der Waals surface area contributed by atoms with Crippen molar-refractivity contribution in [1.29, 1.82) is 0 Å². The minimum Gasteiger partial charge on any atom is -0.406 e. The van der Waals surface area contributed by atoms with Crippen molar-refractivity contribution in [2.45, 2.75) is 6.36 Å². The Morgan fingerprint density at radius 1 is 1.12 bits per heavy atom. The van der Waals surface area contributed by atoms with E-state index < -0.39 is 11.5 Å². The van der Waals surface area contributed by atoms with Crippen molar-refractivity contribution < 1.29 is 22.3 Å². The fourth-order valence-electron chi connectivity index (χ4n) is 1.19. The summed E-state index contributed by atoms with van der Waals surface area (Å²) in [4.78, 5) is 3.77. The second-order valence-electron chi connectivity index (χ2n) is 3.04. The van der Waals surface area contributed by atoms with Gasteiger partial charge in [0, 0.05) is 5.56 Å². The zero-order valence-corrected chi connectivity index (χ0v) is 8.98. The molecule has 1 aromatic carbocycles. The molecular formula is C10H5F4NOS. The molecule has 2 rings (SSSR count). The molecule has 2 nitrogen and oxygen atoms in total. The summed E-state index contributed by atoms with van der Waals surface area (Å²) < 4.78 is 52.1. The number of alkyl halides is 3. The van der Waals surface area contributed by atoms with E-state index in [4.69, 9.17) is 0 Å². The van der Waals surface area contributed by atoms with E-state index in [0.29, 0.717) is 10.6 Å². The Labute approximate surface area is 97.5 Å². The number of hydrogen-bond donors (Lipinski definition) is 0. The van der Waals surface area contributed by atoms with Gasteiger partial charge in [-0.1, -0.05) is 11.3 Å². The molecule has 90 valence electrons. The van der Waals surface area contributed by atoms with Crippen molar-refractivity contribution in [1.82, 2.24) is 4.98 Å². The summed E-state index contributed by atoms with van der Waals surface area (Å²) in [5, 5.41) is -0.0447. The van der Waals surface area contributed by atoms with Gasteiger partial charge in [0.1, 0.15) is 10.8 Å². The Morgan fingerprint density at radius 2 is 1.76 bits per heavy atom. The quantitative estimate of drug-likeness (QED) is 0.768. The average Bonchev–Trinajstić information content (AvgIpc) is 2.63. The smallest absolute Gasteiger partial charge is 0.406 e. The third-order valence-electron chi connectivity index (χ3n) is 1.81. The van der Waals surface area contributed by atoms with Crippen molar-refractivity contribution in [3.05, 3.63) is 35.6 Å². The van der Waals surface area contributed by atoms with Crippen LogP contribution in [0.3, 0.4) is 0 Å². The molecule has 0 bridgehead atoms. The highest BCUT2D eigenvalue weighted by Crippen LogP contribution is 2.28. The van der Waals surface area contributed by atoms with Gasteiger partial charge in [0.25, 0.3) is 0 Å². The molecule has 0 amide bonds. The lowest BCUT2D eigenvalue weighted by molar-refractivity contribution is -0.274. The Morgan fingerprint density at radius 3 is 2.24 bits per heavy atom. The Kier molecular flexibility index (Phi) is 3.01. The molecule has 2 aromatic rings. The van der Waals surface area contributed by atoms with Crippen LogP contribution in [-0.4, -0.2) is 11.3 Å². The van der Waals surface area contributed by atoms with Gasteiger partial charge in [-0.3, -0.25) is 0 Å². The largest absolute Gasteiger partial charge is 0.573 e. The van der Waals surface area contributed by atoms with E-state index in [0.717, 1.165) is 29.7 Å². The van der Waals surface area contributed by atoms with Crippen LogP contribution in [0.25, 0.3) is 10.6 Å². The molecule has 0 fully saturated rings. The van der Waals surface area contributed by atoms with E-state index in [9.17, 15) is 17.6 Å². The maximum Gasteiger partial charge on any atom is 0.573 e. The molecule has 1 aromatic heterocycles. The zero-order chi connectivity index (χ0) is 12.5. The normalized spacial score (nSPS) is 11.5. The number of nitrogens with zero attached hydrogens (tertiary/aromatic N) is 1. The molecule has 0 spiro atoms. The van der Waals surface area contributed by atoms with Crippen molar-refractivity contribution in [2.75, 3.05) is 0 Å². The van der Waals surface area contributed by atoms with Crippen LogP contribution >= 0.6 is 11.3 Å². The summed E-state index contributed by atoms with van der Waals surface area (Å²) in [5.41, 5.74) is 0.536. The van der Waals surface area contributed by atoms with Crippen molar-refractivity contribution in [3.63, 3.8) is 0 Å². The van der Waals surface area contributed by atoms with E-state index in [-0.39, 0.29) is 5.75 Å². The first kappa shape index (κ1) is 11.8. The van der Waals surface area contributed by atoms with Gasteiger partial charge in [-0.15, -0.1) is 13.2 Å². The lowest BCUT2D eigenvalue weighted by atomic mass is 10.2. The maximum absolute atomic E-state index is 12.7. The maximum atomic E-state index is 12.7. The van der Waals surface area contributed by atoms with E-state index in [1.54, 1.807) is 0 Å². The number of halogens is 4. The Balaban J connectivity index is 2.19. The van der Waals surface area contributed by atoms with Crippen LogP contribution in [0.15, 0.2) is 30.5 Å². The molecule has 1 heterocycles. The summed E-state index contributed by atoms with van der Waals surface area (Å²) in [6.45, 7) is 0. The minimum absolute atomic E-state index is 0.321. The summed E-state index contributed by atoms with van der Waals surface area (Å²) in [6, 6.07) is 5.09. The fourth-order valence-corrected chi connectivity index (χ4v) is 1.84. The summed E-state index contributed by atoms with van der Waals surface area (Å²) in [6.07, 6.45) is -3.66. The third-order valence-corrected chi connectivity index (χ3v) is 2.65. The van der Waals surface area contributed by atoms with Crippen LogP contribution in [-0.2, 0) is 0 Å². The third kappa shape index (κ3) is 3.16. The number of rotatable bonds is 2. The number of aromatic nitrogens is 1. The number of hydrogen-bond acceptors (Lipinski definition) is 3. The predicted octanol–water partition coefficient (Wildman–Crippen LogP) is 3.85. The van der Waals surface area contributed by atoms with E-state index in [1.807, 2.05) is 0 Å². The standard InChI is InChI=1S/C10H5F4NOS/c11-8-5-15-9(17-8)6-1-3-7(4-2-6)16-10(12,13)14/h1-5H. The zero-order valence-electron chi connectivity index (χ0n) is 8.16. The summed E-state index contributed by atoms with van der Waals surface area (Å²) >= 11 is 0.819. The number of benzene rings is 1. The number of ether oxygens (including phenoxy) is 1. The summed E-state index contributed by atoms with van der Waals surface area (Å²) in [5.74, 6) is -0.321. The Hall–Kier alpha value is -1.63. The molecule has 7 heteroatoms. The van der Waals surface area contributed by atoms with Gasteiger partial charge >= 0.3 is 6.36 Å². The first-order chi connectivity index (χ1) is 7.94. The van der Waals surface area contributed by atoms with Crippen LogP contribution in [0.4, 0.5) is 17.6 Å². The highest BCUT2D eigenvalue weighted by atomic mass is 32.1. The number of thiazole rings is 1. The minimum atomic E-state index is -4.71. The van der Waals surface area contributed by atoms with E-state index >= 15 is 0 Å². The van der Waals surface area contributed by atoms with Crippen LogP contribution in [0.1, 0.15) is 0 Å². The second-order valence-corrected chi connectivity index (χ2v) is 4.02. The van der Waals surface area contributed by atoms with Gasteiger partial charge in [0.05, 0.1) is 6.20 Å². The van der Waals surface area contributed by atoms with Crippen molar-refractivity contribution in [2.24, 2.45) is 0 Å². The van der Waals surface area contributed by atoms with Gasteiger partial charge in [-0.2, -0.15) is 4.39 Å². The molecule has 0 aliphatic heterocycles. The topological polar surface area (TPSA) is 22.1 Å². The van der Waals surface area contributed by atoms with Gasteiger partial charge in [-0.05, 0) is 24.3 Å². The van der Waals surface area contributed by atoms with Crippen LogP contribution < -0.4 is 4.74 Å². The van der Waals surface area contributed by atoms with Gasteiger partial charge in [0.2, 0.25) is 0 Å². The molecule has 0 saturated carbocycles. The highest BCUT2D eigenvalue weighted by Gasteiger charge is 2.30. The van der Waals surface area contributed by atoms with Crippen LogP contribution in [0.2, 0.25) is 0 Å². The lowest BCUT2D eigenvalue weighted by Gasteiger charge is -2.08. The predicted molar refractivity (Wildman–Crippen MR) is 54.2 cm³/mol. The molecule has 0 saturated heterocycles. The average molecular weight is 263 g/mol. The van der Waals surface area contributed by atoms with Crippen LogP contribution in [0, 0.1) is 5.13 Å². The fraction of sp³-hybridized carbons (Fsp3) is 0.100. The molecule has 0 aliphatic rings. The molecule has 0 aliphatic carbocycles. The Bertz CT molecular complexity index is 506. The van der Waals surface area contributed by atoms with Crippen molar-refractivity contribution in [3.8, 4) is 16.3 Å². The SMILES string of the molecule is Fc1cnc(-c2ccc(OC(F)(F)F)cc2)s1. The first-order valence-corrected chi connectivity index (χ1v) is 5.23. The second kappa shape index (κ2) is 4.33. The molecule has 0 atom stereocenters. The molecule has 0 radical (unpaired) electrons. The van der Waals surface area contributed by atoms with Gasteiger partial charge in [-0.25, -0.2) is 4.98 Å². The molecular weight excluding hydrogens is 258 g/mol. The summed E-state index contributed by atoms with van der Waals surface area (Å²) in [7, 11) is 0. The van der Waals surface area contributed by atoms with Crippen LogP contribution in [0.5, 0.6) is 5.75 Å². The highest BCUT2D eigenvalue weighted by molar-refractivity contribution is 7.13. The van der Waals surface area contributed by atoms with Crippen molar-refractivity contribution >= 4 is 11.3 Å².